The van der Waals surface area contributed by atoms with E-state index in [1.165, 1.54) is 44.6 Å². The molecule has 0 unspecified atom stereocenters. The number of methoxy groups -OCH3 is 2. The SMILES string of the molecule is COC(=O)c1ccc(N2C(=O)NC(=O)/C(=C\c3ccc(OC)cc3OCc3ccc(Cl)c(Cl)c3)C2=O)cc1. The van der Waals surface area contributed by atoms with Gasteiger partial charge in [-0.15, -0.1) is 0 Å². The Balaban J connectivity index is 1.66. The molecule has 0 spiro atoms. The number of halogens is 2. The molecule has 11 heteroatoms. The summed E-state index contributed by atoms with van der Waals surface area (Å²) in [6.07, 6.45) is 1.32. The van der Waals surface area contributed by atoms with E-state index in [2.05, 4.69) is 10.1 Å². The minimum Gasteiger partial charge on any atom is -0.497 e. The summed E-state index contributed by atoms with van der Waals surface area (Å²) in [5.74, 6) is -1.49. The molecule has 4 rings (SSSR count). The number of imide groups is 2. The van der Waals surface area contributed by atoms with Crippen LogP contribution in [0, 0.1) is 0 Å². The zero-order chi connectivity index (χ0) is 27.4. The number of carbonyl (C=O) groups is 4. The molecule has 1 heterocycles. The number of amides is 4. The van der Waals surface area contributed by atoms with Crippen LogP contribution in [0.2, 0.25) is 10.0 Å². The molecule has 0 radical (unpaired) electrons. The predicted molar refractivity (Wildman–Crippen MR) is 141 cm³/mol. The number of rotatable bonds is 7. The molecule has 1 fully saturated rings. The fourth-order valence-electron chi connectivity index (χ4n) is 3.59. The molecule has 0 atom stereocenters. The second-order valence-corrected chi connectivity index (χ2v) is 8.75. The average molecular weight is 555 g/mol. The maximum Gasteiger partial charge on any atom is 0.337 e. The van der Waals surface area contributed by atoms with Crippen molar-refractivity contribution in [1.82, 2.24) is 5.32 Å². The maximum atomic E-state index is 13.3. The Hall–Kier alpha value is -4.34. The molecule has 1 aliphatic rings. The van der Waals surface area contributed by atoms with Crippen LogP contribution in [0.5, 0.6) is 11.5 Å². The van der Waals surface area contributed by atoms with Gasteiger partial charge in [-0.05, 0) is 60.2 Å². The van der Waals surface area contributed by atoms with Gasteiger partial charge in [0.2, 0.25) is 0 Å². The summed E-state index contributed by atoms with van der Waals surface area (Å²) in [7, 11) is 2.73. The normalized spacial score (nSPS) is 14.4. The van der Waals surface area contributed by atoms with Crippen molar-refractivity contribution in [3.05, 3.63) is 93.0 Å². The van der Waals surface area contributed by atoms with Gasteiger partial charge < -0.3 is 14.2 Å². The second-order valence-electron chi connectivity index (χ2n) is 7.94. The second kappa shape index (κ2) is 11.4. The third-order valence-corrected chi connectivity index (χ3v) is 6.29. The van der Waals surface area contributed by atoms with Crippen molar-refractivity contribution in [2.24, 2.45) is 0 Å². The van der Waals surface area contributed by atoms with Crippen molar-refractivity contribution in [1.29, 1.82) is 0 Å². The number of nitrogens with zero attached hydrogens (tertiary/aromatic N) is 1. The number of ether oxygens (including phenoxy) is 3. The van der Waals surface area contributed by atoms with Crippen LogP contribution in [0.1, 0.15) is 21.5 Å². The van der Waals surface area contributed by atoms with Gasteiger partial charge >= 0.3 is 12.0 Å². The van der Waals surface area contributed by atoms with E-state index >= 15 is 0 Å². The molecule has 1 aliphatic heterocycles. The van der Waals surface area contributed by atoms with E-state index in [0.717, 1.165) is 10.5 Å². The van der Waals surface area contributed by atoms with E-state index in [-0.39, 0.29) is 23.4 Å². The van der Waals surface area contributed by atoms with Gasteiger partial charge in [0.15, 0.2) is 0 Å². The minimum absolute atomic E-state index is 0.109. The summed E-state index contributed by atoms with van der Waals surface area (Å²) in [4.78, 5) is 51.0. The number of anilines is 1. The number of benzene rings is 3. The Morgan fingerprint density at radius 2 is 1.68 bits per heavy atom. The summed E-state index contributed by atoms with van der Waals surface area (Å²) in [5.41, 5.74) is 1.21. The van der Waals surface area contributed by atoms with Gasteiger partial charge in [0, 0.05) is 11.6 Å². The first-order valence-electron chi connectivity index (χ1n) is 11.1. The molecule has 3 aromatic carbocycles. The lowest BCUT2D eigenvalue weighted by atomic mass is 10.1. The lowest BCUT2D eigenvalue weighted by Crippen LogP contribution is -2.54. The highest BCUT2D eigenvalue weighted by Crippen LogP contribution is 2.30. The summed E-state index contributed by atoms with van der Waals surface area (Å²) in [6, 6.07) is 14.6. The summed E-state index contributed by atoms with van der Waals surface area (Å²) < 4.78 is 15.9. The van der Waals surface area contributed by atoms with Gasteiger partial charge in [-0.3, -0.25) is 14.9 Å². The van der Waals surface area contributed by atoms with Crippen LogP contribution in [0.3, 0.4) is 0 Å². The molecule has 194 valence electrons. The zero-order valence-corrected chi connectivity index (χ0v) is 21.6. The Labute approximate surface area is 227 Å². The highest BCUT2D eigenvalue weighted by molar-refractivity contribution is 6.42. The average Bonchev–Trinajstić information content (AvgIpc) is 2.91. The van der Waals surface area contributed by atoms with E-state index in [9.17, 15) is 19.2 Å². The topological polar surface area (TPSA) is 111 Å². The van der Waals surface area contributed by atoms with Crippen molar-refractivity contribution in [2.45, 2.75) is 6.61 Å². The Bertz CT molecular complexity index is 1470. The van der Waals surface area contributed by atoms with Gasteiger partial charge in [0.1, 0.15) is 23.7 Å². The molecule has 1 N–H and O–H groups in total. The Morgan fingerprint density at radius 1 is 0.947 bits per heavy atom. The van der Waals surface area contributed by atoms with Crippen molar-refractivity contribution in [3.8, 4) is 11.5 Å². The number of carbonyl (C=O) groups excluding carboxylic acids is 4. The highest BCUT2D eigenvalue weighted by atomic mass is 35.5. The largest absolute Gasteiger partial charge is 0.497 e. The van der Waals surface area contributed by atoms with Crippen LogP contribution in [0.15, 0.2) is 66.2 Å². The fraction of sp³-hybridized carbons (Fsp3) is 0.111. The number of urea groups is 1. The van der Waals surface area contributed by atoms with Crippen LogP contribution >= 0.6 is 23.2 Å². The first kappa shape index (κ1) is 26.7. The van der Waals surface area contributed by atoms with E-state index in [4.69, 9.17) is 32.7 Å². The molecule has 0 saturated carbocycles. The Morgan fingerprint density at radius 3 is 2.34 bits per heavy atom. The van der Waals surface area contributed by atoms with E-state index < -0.39 is 23.8 Å². The van der Waals surface area contributed by atoms with Crippen LogP contribution in [0.4, 0.5) is 10.5 Å². The predicted octanol–water partition coefficient (Wildman–Crippen LogP) is 5.03. The van der Waals surface area contributed by atoms with Crippen LogP contribution < -0.4 is 19.7 Å². The first-order valence-corrected chi connectivity index (χ1v) is 11.8. The van der Waals surface area contributed by atoms with Crippen molar-refractivity contribution in [2.75, 3.05) is 19.1 Å². The molecule has 38 heavy (non-hydrogen) atoms. The monoisotopic (exact) mass is 554 g/mol. The minimum atomic E-state index is -0.922. The van der Waals surface area contributed by atoms with E-state index in [1.807, 2.05) is 0 Å². The summed E-state index contributed by atoms with van der Waals surface area (Å²) in [6.45, 7) is 0.109. The molecular formula is C27H20Cl2N2O7. The summed E-state index contributed by atoms with van der Waals surface area (Å²) in [5, 5.41) is 2.94. The van der Waals surface area contributed by atoms with E-state index in [0.29, 0.717) is 27.1 Å². The lowest BCUT2D eigenvalue weighted by molar-refractivity contribution is -0.122. The maximum absolute atomic E-state index is 13.3. The molecule has 0 aliphatic carbocycles. The fourth-order valence-corrected chi connectivity index (χ4v) is 3.91. The van der Waals surface area contributed by atoms with Gasteiger partial charge in [-0.1, -0.05) is 29.3 Å². The van der Waals surface area contributed by atoms with Crippen LogP contribution in [-0.4, -0.2) is 38.0 Å². The Kier molecular flexibility index (Phi) is 7.99. The first-order chi connectivity index (χ1) is 18.2. The standard InChI is InChI=1S/C27H20Cl2N2O7/c1-36-19-9-6-17(23(13-19)38-14-15-3-10-21(28)22(29)11-15)12-20-24(32)30-27(35)31(25(20)33)18-7-4-16(5-8-18)26(34)37-2/h3-13H,14H2,1-2H3,(H,30,32,35)/b20-12+. The number of hydrogen-bond acceptors (Lipinski definition) is 7. The third-order valence-electron chi connectivity index (χ3n) is 5.55. The molecule has 4 amide bonds. The quantitative estimate of drug-likeness (QED) is 0.247. The van der Waals surface area contributed by atoms with Crippen molar-refractivity contribution >= 4 is 58.8 Å². The van der Waals surface area contributed by atoms with Gasteiger partial charge in [-0.2, -0.15) is 0 Å². The molecule has 0 aromatic heterocycles. The summed E-state index contributed by atoms with van der Waals surface area (Å²) >= 11 is 12.1. The lowest BCUT2D eigenvalue weighted by Gasteiger charge is -2.26. The van der Waals surface area contributed by atoms with Crippen molar-refractivity contribution in [3.63, 3.8) is 0 Å². The zero-order valence-electron chi connectivity index (χ0n) is 20.1. The van der Waals surface area contributed by atoms with E-state index in [1.54, 1.807) is 36.4 Å². The molecule has 1 saturated heterocycles. The van der Waals surface area contributed by atoms with Gasteiger partial charge in [0.05, 0.1) is 35.5 Å². The third kappa shape index (κ3) is 5.64. The molecule has 3 aromatic rings. The van der Waals surface area contributed by atoms with Crippen LogP contribution in [0.25, 0.3) is 6.08 Å². The van der Waals surface area contributed by atoms with Crippen LogP contribution in [-0.2, 0) is 20.9 Å². The molecule has 0 bridgehead atoms. The number of esters is 1. The van der Waals surface area contributed by atoms with Gasteiger partial charge in [0.25, 0.3) is 11.8 Å². The molecular weight excluding hydrogens is 535 g/mol. The van der Waals surface area contributed by atoms with Crippen molar-refractivity contribution < 1.29 is 33.4 Å². The van der Waals surface area contributed by atoms with Gasteiger partial charge in [-0.25, -0.2) is 14.5 Å². The molecule has 9 nitrogen and oxygen atoms in total. The number of nitrogens with one attached hydrogen (secondary N) is 1. The smallest absolute Gasteiger partial charge is 0.337 e. The number of hydrogen-bond donors (Lipinski definition) is 1. The highest BCUT2D eigenvalue weighted by Gasteiger charge is 2.37. The number of barbiturate groups is 1.